The van der Waals surface area contributed by atoms with Gasteiger partial charge in [-0.2, -0.15) is 13.2 Å². The van der Waals surface area contributed by atoms with Crippen LogP contribution < -0.4 is 0 Å². The Bertz CT molecular complexity index is 1410. The van der Waals surface area contributed by atoms with Crippen molar-refractivity contribution >= 4 is 17.7 Å². The van der Waals surface area contributed by atoms with Crippen LogP contribution in [0.25, 0.3) is 17.1 Å². The van der Waals surface area contributed by atoms with Crippen LogP contribution in [0.3, 0.4) is 0 Å². The Morgan fingerprint density at radius 2 is 1.68 bits per heavy atom. The van der Waals surface area contributed by atoms with Gasteiger partial charge in [0, 0.05) is 30.0 Å². The van der Waals surface area contributed by atoms with Crippen LogP contribution >= 0.6 is 11.8 Å². The Kier molecular flexibility index (Phi) is 7.06. The molecule has 0 spiro atoms. The van der Waals surface area contributed by atoms with Crippen LogP contribution in [0.15, 0.2) is 78.0 Å². The van der Waals surface area contributed by atoms with E-state index in [2.05, 4.69) is 10.2 Å². The van der Waals surface area contributed by atoms with Crippen molar-refractivity contribution in [3.8, 4) is 17.1 Å². The van der Waals surface area contributed by atoms with Gasteiger partial charge >= 0.3 is 6.18 Å². The van der Waals surface area contributed by atoms with Gasteiger partial charge in [0.15, 0.2) is 11.0 Å². The predicted octanol–water partition coefficient (Wildman–Crippen LogP) is 6.79. The smallest absolute Gasteiger partial charge is 0.339 e. The Morgan fingerprint density at radius 3 is 2.41 bits per heavy atom. The van der Waals surface area contributed by atoms with Crippen LogP contribution in [-0.2, 0) is 11.9 Å². The van der Waals surface area contributed by atoms with Crippen molar-refractivity contribution in [1.82, 2.24) is 19.7 Å². The minimum absolute atomic E-state index is 0.00777. The normalized spacial score (nSPS) is 13.8. The minimum Gasteiger partial charge on any atom is -0.339 e. The van der Waals surface area contributed by atoms with Crippen molar-refractivity contribution in [3.05, 3.63) is 95.1 Å². The van der Waals surface area contributed by atoms with Crippen LogP contribution in [0.5, 0.6) is 0 Å². The second-order valence-electron chi connectivity index (χ2n) is 9.00. The molecule has 4 aromatic rings. The molecule has 2 heterocycles. The van der Waals surface area contributed by atoms with Crippen molar-refractivity contribution in [3.63, 3.8) is 0 Å². The van der Waals surface area contributed by atoms with E-state index in [-0.39, 0.29) is 5.91 Å². The topological polar surface area (TPSA) is 51.0 Å². The second-order valence-corrected chi connectivity index (χ2v) is 9.94. The maximum absolute atomic E-state index is 13.5. The Morgan fingerprint density at radius 1 is 0.946 bits per heavy atom. The summed E-state index contributed by atoms with van der Waals surface area (Å²) in [6.07, 6.45) is -2.47. The lowest BCUT2D eigenvalue weighted by atomic mass is 10.1. The zero-order chi connectivity index (χ0) is 26.0. The molecule has 37 heavy (non-hydrogen) atoms. The van der Waals surface area contributed by atoms with Gasteiger partial charge in [0.05, 0.1) is 11.3 Å². The zero-order valence-corrected chi connectivity index (χ0v) is 21.0. The highest BCUT2D eigenvalue weighted by atomic mass is 32.2. The van der Waals surface area contributed by atoms with Crippen molar-refractivity contribution in [1.29, 1.82) is 0 Å². The lowest BCUT2D eigenvalue weighted by Crippen LogP contribution is -2.28. The van der Waals surface area contributed by atoms with Gasteiger partial charge in [0.1, 0.15) is 0 Å². The largest absolute Gasteiger partial charge is 0.416 e. The molecule has 3 aromatic carbocycles. The predicted molar refractivity (Wildman–Crippen MR) is 138 cm³/mol. The first-order valence-electron chi connectivity index (χ1n) is 12.0. The number of thioether (sulfide) groups is 1. The quantitative estimate of drug-likeness (QED) is 0.262. The van der Waals surface area contributed by atoms with Crippen LogP contribution in [0.2, 0.25) is 0 Å². The maximum atomic E-state index is 13.5. The van der Waals surface area contributed by atoms with E-state index < -0.39 is 11.7 Å². The fraction of sp³-hybridized carbons (Fsp3) is 0.250. The van der Waals surface area contributed by atoms with Crippen molar-refractivity contribution in [2.75, 3.05) is 13.1 Å². The minimum atomic E-state index is -4.48. The summed E-state index contributed by atoms with van der Waals surface area (Å²) in [6.45, 7) is 3.47. The van der Waals surface area contributed by atoms with E-state index in [0.717, 1.165) is 54.8 Å². The number of hydrogen-bond donors (Lipinski definition) is 0. The number of benzene rings is 3. The number of aryl methyl sites for hydroxylation is 1. The van der Waals surface area contributed by atoms with E-state index in [1.807, 2.05) is 60.4 Å². The molecule has 0 atom stereocenters. The lowest BCUT2D eigenvalue weighted by molar-refractivity contribution is -0.137. The highest BCUT2D eigenvalue weighted by Crippen LogP contribution is 2.34. The van der Waals surface area contributed by atoms with E-state index in [9.17, 15) is 18.0 Å². The average molecular weight is 523 g/mol. The van der Waals surface area contributed by atoms with Crippen LogP contribution in [0, 0.1) is 6.92 Å². The molecule has 190 valence electrons. The molecule has 1 aliphatic heterocycles. The molecule has 0 N–H and O–H groups in total. The van der Waals surface area contributed by atoms with E-state index in [0.29, 0.717) is 28.0 Å². The fourth-order valence-electron chi connectivity index (χ4n) is 4.39. The first-order chi connectivity index (χ1) is 17.8. The molecule has 1 saturated heterocycles. The van der Waals surface area contributed by atoms with Gasteiger partial charge in [-0.15, -0.1) is 10.2 Å². The van der Waals surface area contributed by atoms with Crippen LogP contribution in [0.4, 0.5) is 13.2 Å². The van der Waals surface area contributed by atoms with E-state index in [1.54, 1.807) is 10.6 Å². The molecule has 0 bridgehead atoms. The molecule has 0 aliphatic carbocycles. The van der Waals surface area contributed by atoms with Gasteiger partial charge < -0.3 is 4.90 Å². The first-order valence-corrected chi connectivity index (χ1v) is 13.0. The Hall–Kier alpha value is -3.59. The summed E-state index contributed by atoms with van der Waals surface area (Å²) in [4.78, 5) is 15.0. The third kappa shape index (κ3) is 5.41. The van der Waals surface area contributed by atoms with Gasteiger partial charge in [-0.05, 0) is 49.6 Å². The third-order valence-corrected chi connectivity index (χ3v) is 7.35. The van der Waals surface area contributed by atoms with Crippen molar-refractivity contribution in [2.24, 2.45) is 0 Å². The zero-order valence-electron chi connectivity index (χ0n) is 20.2. The standard InChI is InChI=1S/C28H25F3N4OS/c1-19-11-13-20(14-12-19)25-32-33-27(35(25)23-9-6-8-22(17-23)28(29,30)31)37-18-21-7-2-3-10-24(21)26(36)34-15-4-5-16-34/h2-3,6-14,17H,4-5,15-16,18H2,1H3. The van der Waals surface area contributed by atoms with E-state index in [4.69, 9.17) is 0 Å². The number of alkyl halides is 3. The Labute approximate surface area is 217 Å². The third-order valence-electron chi connectivity index (χ3n) is 6.37. The number of carbonyl (C=O) groups is 1. The van der Waals surface area contributed by atoms with Crippen molar-refractivity contribution < 1.29 is 18.0 Å². The Balaban J connectivity index is 1.51. The maximum Gasteiger partial charge on any atom is 0.416 e. The average Bonchev–Trinajstić information content (AvgIpc) is 3.58. The SMILES string of the molecule is Cc1ccc(-c2nnc(SCc3ccccc3C(=O)N3CCCC3)n2-c2cccc(C(F)(F)F)c2)cc1. The molecule has 1 amide bonds. The van der Waals surface area contributed by atoms with Gasteiger partial charge in [-0.3, -0.25) is 9.36 Å². The number of hydrogen-bond acceptors (Lipinski definition) is 4. The number of likely N-dealkylation sites (tertiary alicyclic amines) is 1. The summed E-state index contributed by atoms with van der Waals surface area (Å²) >= 11 is 1.34. The number of carbonyl (C=O) groups excluding carboxylic acids is 1. The highest BCUT2D eigenvalue weighted by Gasteiger charge is 2.31. The lowest BCUT2D eigenvalue weighted by Gasteiger charge is -2.17. The molecule has 1 aromatic heterocycles. The molecule has 0 saturated carbocycles. The molecule has 1 fully saturated rings. The number of halogens is 3. The second kappa shape index (κ2) is 10.4. The van der Waals surface area contributed by atoms with Crippen LogP contribution in [-0.4, -0.2) is 38.7 Å². The van der Waals surface area contributed by atoms with Gasteiger partial charge in [0.2, 0.25) is 0 Å². The molecule has 1 aliphatic rings. The van der Waals surface area contributed by atoms with Crippen LogP contribution in [0.1, 0.15) is 39.9 Å². The number of nitrogens with zero attached hydrogens (tertiary/aromatic N) is 4. The summed E-state index contributed by atoms with van der Waals surface area (Å²) in [5, 5.41) is 9.15. The van der Waals surface area contributed by atoms with Crippen molar-refractivity contribution in [2.45, 2.75) is 36.9 Å². The van der Waals surface area contributed by atoms with E-state index >= 15 is 0 Å². The summed E-state index contributed by atoms with van der Waals surface area (Å²) in [5.74, 6) is 0.873. The molecule has 5 rings (SSSR count). The molecule has 9 heteroatoms. The summed E-state index contributed by atoms with van der Waals surface area (Å²) in [6, 6.07) is 20.2. The first kappa shape index (κ1) is 25.1. The van der Waals surface area contributed by atoms with E-state index in [1.165, 1.54) is 17.8 Å². The molecular formula is C28H25F3N4OS. The molecule has 5 nitrogen and oxygen atoms in total. The van der Waals surface area contributed by atoms with Gasteiger partial charge in [-0.25, -0.2) is 0 Å². The monoisotopic (exact) mass is 522 g/mol. The van der Waals surface area contributed by atoms with Gasteiger partial charge in [-0.1, -0.05) is 65.9 Å². The fourth-order valence-corrected chi connectivity index (χ4v) is 5.35. The summed E-state index contributed by atoms with van der Waals surface area (Å²) < 4.78 is 42.2. The number of aromatic nitrogens is 3. The highest BCUT2D eigenvalue weighted by molar-refractivity contribution is 7.98. The summed E-state index contributed by atoms with van der Waals surface area (Å²) in [7, 11) is 0. The molecule has 0 unspecified atom stereocenters. The molecular weight excluding hydrogens is 497 g/mol. The number of rotatable bonds is 6. The molecule has 0 radical (unpaired) electrons. The summed E-state index contributed by atoms with van der Waals surface area (Å²) in [5.41, 5.74) is 2.86. The van der Waals surface area contributed by atoms with Gasteiger partial charge in [0.25, 0.3) is 5.91 Å². The number of amides is 1.